The number of esters is 2. The van der Waals surface area contributed by atoms with E-state index in [9.17, 15) is 14.7 Å². The number of allylic oxidation sites excluding steroid dienone is 6. The number of hydrogen-bond donors (Lipinski definition) is 1. The molecule has 5 nitrogen and oxygen atoms in total. The second-order valence-electron chi connectivity index (χ2n) is 10.9. The summed E-state index contributed by atoms with van der Waals surface area (Å²) in [6.45, 7) is 4.03. The summed E-state index contributed by atoms with van der Waals surface area (Å²) >= 11 is 0. The zero-order valence-electron chi connectivity index (χ0n) is 26.1. The molecule has 0 aromatic heterocycles. The molecule has 0 aliphatic carbocycles. The first-order valence-corrected chi connectivity index (χ1v) is 16.5. The fraction of sp³-hybridized carbons (Fsp3) is 0.771. The zero-order chi connectivity index (χ0) is 29.4. The SMILES string of the molecule is CCCCC=CCCCCCCCC(=O)OCC(CO)OC(=O)CCCCCCCC=CCC=CCCCCC. The minimum Gasteiger partial charge on any atom is -0.462 e. The molecular weight excluding hydrogens is 500 g/mol. The minimum absolute atomic E-state index is 0.0758. The second-order valence-corrected chi connectivity index (χ2v) is 10.9. The first kappa shape index (κ1) is 38.1. The van der Waals surface area contributed by atoms with Crippen molar-refractivity contribution in [3.05, 3.63) is 36.5 Å². The molecule has 0 spiro atoms. The number of unbranched alkanes of at least 4 members (excludes halogenated alkanes) is 15. The van der Waals surface area contributed by atoms with Crippen LogP contribution < -0.4 is 0 Å². The minimum atomic E-state index is -0.778. The number of ether oxygens (including phenoxy) is 2. The van der Waals surface area contributed by atoms with Gasteiger partial charge < -0.3 is 14.6 Å². The number of carbonyl (C=O) groups is 2. The van der Waals surface area contributed by atoms with Crippen molar-refractivity contribution in [1.82, 2.24) is 0 Å². The number of aliphatic hydroxyl groups is 1. The van der Waals surface area contributed by atoms with E-state index in [1.807, 2.05) is 0 Å². The largest absolute Gasteiger partial charge is 0.462 e. The molecule has 0 aromatic rings. The number of rotatable bonds is 29. The molecule has 1 unspecified atom stereocenters. The molecule has 0 saturated heterocycles. The van der Waals surface area contributed by atoms with Crippen LogP contribution in [0.1, 0.15) is 155 Å². The van der Waals surface area contributed by atoms with E-state index in [0.717, 1.165) is 64.2 Å². The molecule has 0 radical (unpaired) electrons. The van der Waals surface area contributed by atoms with E-state index in [4.69, 9.17) is 9.47 Å². The Labute approximate surface area is 246 Å². The van der Waals surface area contributed by atoms with Gasteiger partial charge in [0.2, 0.25) is 0 Å². The second kappa shape index (κ2) is 31.6. The van der Waals surface area contributed by atoms with Crippen molar-refractivity contribution in [3.8, 4) is 0 Å². The van der Waals surface area contributed by atoms with Gasteiger partial charge in [-0.15, -0.1) is 0 Å². The van der Waals surface area contributed by atoms with Crippen LogP contribution in [0.4, 0.5) is 0 Å². The van der Waals surface area contributed by atoms with Gasteiger partial charge in [-0.2, -0.15) is 0 Å². The Morgan fingerprint density at radius 1 is 0.575 bits per heavy atom. The van der Waals surface area contributed by atoms with Gasteiger partial charge in [-0.25, -0.2) is 0 Å². The van der Waals surface area contributed by atoms with Crippen molar-refractivity contribution in [3.63, 3.8) is 0 Å². The summed E-state index contributed by atoms with van der Waals surface area (Å²) in [6, 6.07) is 0. The molecule has 232 valence electrons. The van der Waals surface area contributed by atoms with Gasteiger partial charge in [-0.3, -0.25) is 9.59 Å². The van der Waals surface area contributed by atoms with Gasteiger partial charge in [0.15, 0.2) is 6.10 Å². The van der Waals surface area contributed by atoms with Crippen LogP contribution in [0.3, 0.4) is 0 Å². The molecule has 0 aliphatic heterocycles. The van der Waals surface area contributed by atoms with Crippen molar-refractivity contribution < 1.29 is 24.2 Å². The third kappa shape index (κ3) is 29.1. The third-order valence-electron chi connectivity index (χ3n) is 6.91. The number of carbonyl (C=O) groups excluding carboxylic acids is 2. The molecule has 40 heavy (non-hydrogen) atoms. The van der Waals surface area contributed by atoms with Crippen LogP contribution in [0.25, 0.3) is 0 Å². The van der Waals surface area contributed by atoms with Crippen molar-refractivity contribution in [2.24, 2.45) is 0 Å². The lowest BCUT2D eigenvalue weighted by molar-refractivity contribution is -0.161. The Morgan fingerprint density at radius 3 is 1.57 bits per heavy atom. The maximum absolute atomic E-state index is 12.1. The monoisotopic (exact) mass is 562 g/mol. The normalized spacial score (nSPS) is 12.6. The van der Waals surface area contributed by atoms with Gasteiger partial charge in [0.05, 0.1) is 6.61 Å². The van der Waals surface area contributed by atoms with E-state index in [2.05, 4.69) is 50.3 Å². The van der Waals surface area contributed by atoms with E-state index < -0.39 is 6.10 Å². The fourth-order valence-corrected chi connectivity index (χ4v) is 4.33. The third-order valence-corrected chi connectivity index (χ3v) is 6.91. The van der Waals surface area contributed by atoms with Gasteiger partial charge in [-0.1, -0.05) is 115 Å². The summed E-state index contributed by atoms with van der Waals surface area (Å²) in [6.07, 6.45) is 36.2. The van der Waals surface area contributed by atoms with E-state index in [0.29, 0.717) is 12.8 Å². The van der Waals surface area contributed by atoms with Crippen molar-refractivity contribution >= 4 is 11.9 Å². The number of aliphatic hydroxyl groups excluding tert-OH is 1. The van der Waals surface area contributed by atoms with Crippen LogP contribution >= 0.6 is 0 Å². The lowest BCUT2D eigenvalue weighted by atomic mass is 10.1. The highest BCUT2D eigenvalue weighted by Crippen LogP contribution is 2.11. The van der Waals surface area contributed by atoms with Gasteiger partial charge in [0.25, 0.3) is 0 Å². The summed E-state index contributed by atoms with van der Waals surface area (Å²) in [5, 5.41) is 9.49. The maximum atomic E-state index is 12.1. The van der Waals surface area contributed by atoms with E-state index in [1.54, 1.807) is 0 Å². The molecule has 0 fully saturated rings. The smallest absolute Gasteiger partial charge is 0.306 e. The van der Waals surface area contributed by atoms with Crippen LogP contribution in [0.5, 0.6) is 0 Å². The predicted octanol–water partition coefficient (Wildman–Crippen LogP) is 9.72. The summed E-state index contributed by atoms with van der Waals surface area (Å²) in [4.78, 5) is 24.1. The van der Waals surface area contributed by atoms with Crippen LogP contribution in [0.2, 0.25) is 0 Å². The highest BCUT2D eigenvalue weighted by atomic mass is 16.6. The number of hydrogen-bond acceptors (Lipinski definition) is 5. The lowest BCUT2D eigenvalue weighted by Gasteiger charge is -2.15. The molecule has 0 heterocycles. The standard InChI is InChI=1S/C35H62O5/c1-3-5-7-9-11-13-15-16-17-18-20-22-24-26-28-30-35(38)40-33(31-36)32-39-34(37)29-27-25-23-21-19-14-12-10-8-6-4-2/h10-13,16-17,33,36H,3-9,14-15,18-32H2,1-2H3. The lowest BCUT2D eigenvalue weighted by Crippen LogP contribution is -2.28. The summed E-state index contributed by atoms with van der Waals surface area (Å²) in [7, 11) is 0. The quantitative estimate of drug-likeness (QED) is 0.0558. The Balaban J connectivity index is 3.64. The molecule has 1 atom stereocenters. The molecule has 0 rings (SSSR count). The van der Waals surface area contributed by atoms with E-state index >= 15 is 0 Å². The highest BCUT2D eigenvalue weighted by molar-refractivity contribution is 5.70. The molecule has 0 bridgehead atoms. The molecule has 5 heteroatoms. The average Bonchev–Trinajstić information content (AvgIpc) is 2.96. The van der Waals surface area contributed by atoms with Crippen molar-refractivity contribution in [1.29, 1.82) is 0 Å². The predicted molar refractivity (Wildman–Crippen MR) is 168 cm³/mol. The molecule has 0 aliphatic rings. The van der Waals surface area contributed by atoms with Crippen LogP contribution in [0.15, 0.2) is 36.5 Å². The topological polar surface area (TPSA) is 72.8 Å². The molecule has 0 saturated carbocycles. The van der Waals surface area contributed by atoms with Crippen molar-refractivity contribution in [2.45, 2.75) is 161 Å². The first-order chi connectivity index (χ1) is 19.6. The fourth-order valence-electron chi connectivity index (χ4n) is 4.33. The van der Waals surface area contributed by atoms with Crippen LogP contribution in [0, 0.1) is 0 Å². The zero-order valence-corrected chi connectivity index (χ0v) is 26.1. The van der Waals surface area contributed by atoms with E-state index in [-0.39, 0.29) is 25.2 Å². The van der Waals surface area contributed by atoms with Gasteiger partial charge in [0, 0.05) is 12.8 Å². The van der Waals surface area contributed by atoms with E-state index in [1.165, 1.54) is 64.2 Å². The van der Waals surface area contributed by atoms with Gasteiger partial charge in [-0.05, 0) is 64.2 Å². The maximum Gasteiger partial charge on any atom is 0.306 e. The van der Waals surface area contributed by atoms with Crippen molar-refractivity contribution in [2.75, 3.05) is 13.2 Å². The van der Waals surface area contributed by atoms with Crippen LogP contribution in [-0.2, 0) is 19.1 Å². The Bertz CT molecular complexity index is 652. The van der Waals surface area contributed by atoms with Gasteiger partial charge >= 0.3 is 11.9 Å². The van der Waals surface area contributed by atoms with Gasteiger partial charge in [0.1, 0.15) is 6.61 Å². The Hall–Kier alpha value is -1.88. The Kier molecular flexibility index (Phi) is 30.2. The highest BCUT2D eigenvalue weighted by Gasteiger charge is 2.16. The molecule has 0 amide bonds. The van der Waals surface area contributed by atoms with Crippen LogP contribution in [-0.4, -0.2) is 36.4 Å². The first-order valence-electron chi connectivity index (χ1n) is 16.5. The summed E-state index contributed by atoms with van der Waals surface area (Å²) in [5.74, 6) is -0.622. The summed E-state index contributed by atoms with van der Waals surface area (Å²) in [5.41, 5.74) is 0. The summed E-state index contributed by atoms with van der Waals surface area (Å²) < 4.78 is 10.5. The average molecular weight is 563 g/mol. The Morgan fingerprint density at radius 2 is 1.02 bits per heavy atom. The molecular formula is C35H62O5. The molecule has 0 aromatic carbocycles. The molecule has 1 N–H and O–H groups in total.